The Morgan fingerprint density at radius 2 is 2.06 bits per heavy atom. The molecular weight excluding hydrogens is 294 g/mol. The Morgan fingerprint density at radius 3 is 2.71 bits per heavy atom. The first-order valence-corrected chi connectivity index (χ1v) is 7.30. The first kappa shape index (κ1) is 12.8. The predicted molar refractivity (Wildman–Crippen MR) is 78.6 cm³/mol. The van der Waals surface area contributed by atoms with E-state index in [4.69, 9.17) is 5.73 Å². The number of halogens is 1. The molecular formula is C14H16BrNS. The number of benzene rings is 1. The van der Waals surface area contributed by atoms with Crippen LogP contribution in [0.4, 0.5) is 0 Å². The summed E-state index contributed by atoms with van der Waals surface area (Å²) >= 11 is 5.31. The fourth-order valence-corrected chi connectivity index (χ4v) is 3.53. The zero-order valence-electron chi connectivity index (χ0n) is 10.0. The summed E-state index contributed by atoms with van der Waals surface area (Å²) in [6, 6.07) is 8.50. The third-order valence-corrected chi connectivity index (χ3v) is 5.09. The molecule has 3 heteroatoms. The second kappa shape index (κ2) is 5.34. The highest BCUT2D eigenvalue weighted by Gasteiger charge is 2.13. The Morgan fingerprint density at radius 1 is 1.29 bits per heavy atom. The highest BCUT2D eigenvalue weighted by molar-refractivity contribution is 9.10. The SMILES string of the molecule is Cc1cccc(C(N)Cc2sccc2Br)c1C. The molecule has 90 valence electrons. The van der Waals surface area contributed by atoms with Crippen molar-refractivity contribution >= 4 is 27.3 Å². The van der Waals surface area contributed by atoms with E-state index in [2.05, 4.69) is 59.4 Å². The topological polar surface area (TPSA) is 26.0 Å². The molecule has 1 heterocycles. The second-order valence-corrected chi connectivity index (χ2v) is 6.15. The minimum Gasteiger partial charge on any atom is -0.324 e. The number of hydrogen-bond acceptors (Lipinski definition) is 2. The number of hydrogen-bond donors (Lipinski definition) is 1. The van der Waals surface area contributed by atoms with Crippen molar-refractivity contribution in [2.24, 2.45) is 5.73 Å². The van der Waals surface area contributed by atoms with Crippen LogP contribution in [0.1, 0.15) is 27.6 Å². The van der Waals surface area contributed by atoms with E-state index in [0.29, 0.717) is 0 Å². The van der Waals surface area contributed by atoms with E-state index < -0.39 is 0 Å². The lowest BCUT2D eigenvalue weighted by molar-refractivity contribution is 0.722. The Hall–Kier alpha value is -0.640. The van der Waals surface area contributed by atoms with Crippen molar-refractivity contribution in [1.82, 2.24) is 0 Å². The van der Waals surface area contributed by atoms with Gasteiger partial charge in [0.2, 0.25) is 0 Å². The highest BCUT2D eigenvalue weighted by Crippen LogP contribution is 2.28. The summed E-state index contributed by atoms with van der Waals surface area (Å²) in [5.74, 6) is 0. The average Bonchev–Trinajstić information content (AvgIpc) is 2.68. The Bertz CT molecular complexity index is 519. The first-order valence-electron chi connectivity index (χ1n) is 5.63. The highest BCUT2D eigenvalue weighted by atomic mass is 79.9. The summed E-state index contributed by atoms with van der Waals surface area (Å²) in [4.78, 5) is 1.32. The third kappa shape index (κ3) is 2.79. The molecule has 2 rings (SSSR count). The maximum atomic E-state index is 6.31. The molecule has 2 N–H and O–H groups in total. The minimum absolute atomic E-state index is 0.0739. The van der Waals surface area contributed by atoms with E-state index in [1.807, 2.05) is 0 Å². The standard InChI is InChI=1S/C14H16BrNS/c1-9-4-3-5-11(10(9)2)13(16)8-14-12(15)6-7-17-14/h3-7,13H,8,16H2,1-2H3. The largest absolute Gasteiger partial charge is 0.324 e. The van der Waals surface area contributed by atoms with Gasteiger partial charge in [-0.1, -0.05) is 18.2 Å². The van der Waals surface area contributed by atoms with Crippen LogP contribution in [0, 0.1) is 13.8 Å². The van der Waals surface area contributed by atoms with Crippen molar-refractivity contribution in [3.63, 3.8) is 0 Å². The summed E-state index contributed by atoms with van der Waals surface area (Å²) in [5, 5.41) is 2.09. The van der Waals surface area contributed by atoms with E-state index >= 15 is 0 Å². The van der Waals surface area contributed by atoms with Gasteiger partial charge in [0.25, 0.3) is 0 Å². The average molecular weight is 310 g/mol. The molecule has 0 aliphatic heterocycles. The maximum Gasteiger partial charge on any atom is 0.0346 e. The van der Waals surface area contributed by atoms with Crippen molar-refractivity contribution in [3.8, 4) is 0 Å². The van der Waals surface area contributed by atoms with Crippen molar-refractivity contribution in [2.45, 2.75) is 26.3 Å². The van der Waals surface area contributed by atoms with Gasteiger partial charge < -0.3 is 5.73 Å². The fraction of sp³-hybridized carbons (Fsp3) is 0.286. The molecule has 0 aliphatic rings. The normalized spacial score (nSPS) is 12.7. The zero-order chi connectivity index (χ0) is 12.4. The van der Waals surface area contributed by atoms with Gasteiger partial charge in [0.15, 0.2) is 0 Å². The van der Waals surface area contributed by atoms with Crippen LogP contribution in [0.3, 0.4) is 0 Å². The van der Waals surface area contributed by atoms with Crippen LogP contribution >= 0.6 is 27.3 Å². The molecule has 0 spiro atoms. The van der Waals surface area contributed by atoms with Crippen LogP contribution in [0.2, 0.25) is 0 Å². The van der Waals surface area contributed by atoms with Crippen LogP contribution in [0.15, 0.2) is 34.1 Å². The number of nitrogens with two attached hydrogens (primary N) is 1. The molecule has 0 bridgehead atoms. The molecule has 17 heavy (non-hydrogen) atoms. The van der Waals surface area contributed by atoms with Gasteiger partial charge in [0.1, 0.15) is 0 Å². The lowest BCUT2D eigenvalue weighted by atomic mass is 9.96. The molecule has 0 fully saturated rings. The van der Waals surface area contributed by atoms with E-state index in [1.165, 1.54) is 26.0 Å². The zero-order valence-corrected chi connectivity index (χ0v) is 12.4. The minimum atomic E-state index is 0.0739. The van der Waals surface area contributed by atoms with Gasteiger partial charge in [-0.15, -0.1) is 11.3 Å². The van der Waals surface area contributed by atoms with Crippen molar-refractivity contribution in [2.75, 3.05) is 0 Å². The van der Waals surface area contributed by atoms with Gasteiger partial charge in [-0.3, -0.25) is 0 Å². The predicted octanol–water partition coefficient (Wildman–Crippen LogP) is 4.37. The van der Waals surface area contributed by atoms with Crippen molar-refractivity contribution in [3.05, 3.63) is 55.7 Å². The number of aryl methyl sites for hydroxylation is 1. The van der Waals surface area contributed by atoms with Gasteiger partial charge in [-0.2, -0.15) is 0 Å². The summed E-state index contributed by atoms with van der Waals surface area (Å²) < 4.78 is 1.17. The molecule has 0 radical (unpaired) electrons. The number of rotatable bonds is 3. The number of thiophene rings is 1. The summed E-state index contributed by atoms with van der Waals surface area (Å²) in [5.41, 5.74) is 10.2. The molecule has 0 aliphatic carbocycles. The molecule has 1 atom stereocenters. The molecule has 1 aromatic heterocycles. The lowest BCUT2D eigenvalue weighted by Gasteiger charge is -2.15. The van der Waals surface area contributed by atoms with Gasteiger partial charge >= 0.3 is 0 Å². The van der Waals surface area contributed by atoms with Crippen LogP contribution in [-0.4, -0.2) is 0 Å². The third-order valence-electron chi connectivity index (χ3n) is 3.14. The van der Waals surface area contributed by atoms with Crippen LogP contribution in [0.25, 0.3) is 0 Å². The van der Waals surface area contributed by atoms with Gasteiger partial charge in [0.05, 0.1) is 0 Å². The monoisotopic (exact) mass is 309 g/mol. The van der Waals surface area contributed by atoms with Crippen LogP contribution in [-0.2, 0) is 6.42 Å². The second-order valence-electron chi connectivity index (χ2n) is 4.29. The molecule has 0 amide bonds. The van der Waals surface area contributed by atoms with Crippen LogP contribution in [0.5, 0.6) is 0 Å². The smallest absolute Gasteiger partial charge is 0.0346 e. The van der Waals surface area contributed by atoms with Gasteiger partial charge in [0, 0.05) is 21.8 Å². The summed E-state index contributed by atoms with van der Waals surface area (Å²) in [6.07, 6.45) is 0.891. The van der Waals surface area contributed by atoms with Crippen molar-refractivity contribution < 1.29 is 0 Å². The Labute approximate surface area is 115 Å². The summed E-state index contributed by atoms with van der Waals surface area (Å²) in [7, 11) is 0. The van der Waals surface area contributed by atoms with E-state index in [9.17, 15) is 0 Å². The molecule has 0 saturated heterocycles. The molecule has 1 aromatic carbocycles. The molecule has 1 nitrogen and oxygen atoms in total. The Kier molecular flexibility index (Phi) is 4.02. The summed E-state index contributed by atoms with van der Waals surface area (Å²) in [6.45, 7) is 4.28. The fourth-order valence-electron chi connectivity index (χ4n) is 1.96. The lowest BCUT2D eigenvalue weighted by Crippen LogP contribution is -2.14. The van der Waals surface area contributed by atoms with E-state index in [-0.39, 0.29) is 6.04 Å². The molecule has 2 aromatic rings. The van der Waals surface area contributed by atoms with E-state index in [0.717, 1.165) is 6.42 Å². The molecule has 0 saturated carbocycles. The van der Waals surface area contributed by atoms with Gasteiger partial charge in [-0.25, -0.2) is 0 Å². The van der Waals surface area contributed by atoms with Crippen LogP contribution < -0.4 is 5.73 Å². The van der Waals surface area contributed by atoms with E-state index in [1.54, 1.807) is 11.3 Å². The quantitative estimate of drug-likeness (QED) is 0.895. The van der Waals surface area contributed by atoms with Gasteiger partial charge in [-0.05, 0) is 57.9 Å². The van der Waals surface area contributed by atoms with Crippen molar-refractivity contribution in [1.29, 1.82) is 0 Å². The maximum absolute atomic E-state index is 6.31. The molecule has 1 unspecified atom stereocenters. The Balaban J connectivity index is 2.23. The first-order chi connectivity index (χ1) is 8.09.